The number of rotatable bonds is 6. The Bertz CT molecular complexity index is 192. The lowest BCUT2D eigenvalue weighted by molar-refractivity contribution is -0.119. The molecule has 0 spiro atoms. The van der Waals surface area contributed by atoms with Crippen molar-refractivity contribution in [3.8, 4) is 0 Å². The van der Waals surface area contributed by atoms with Gasteiger partial charge in [0.15, 0.2) is 0 Å². The average Bonchev–Trinajstić information content (AvgIpc) is 2.89. The second kappa shape index (κ2) is 5.32. The first-order chi connectivity index (χ1) is 6.65. The molecule has 14 heavy (non-hydrogen) atoms. The molecule has 82 valence electrons. The molecule has 0 radical (unpaired) electrons. The second-order valence-electron chi connectivity index (χ2n) is 4.10. The van der Waals surface area contributed by atoms with Crippen molar-refractivity contribution in [2.75, 3.05) is 26.7 Å². The first-order valence-corrected chi connectivity index (χ1v) is 5.30. The van der Waals surface area contributed by atoms with Crippen LogP contribution in [0.3, 0.4) is 0 Å². The third-order valence-corrected chi connectivity index (χ3v) is 2.81. The summed E-state index contributed by atoms with van der Waals surface area (Å²) >= 11 is 0. The van der Waals surface area contributed by atoms with Crippen molar-refractivity contribution in [2.45, 2.75) is 25.8 Å². The Morgan fingerprint density at radius 2 is 2.29 bits per heavy atom. The van der Waals surface area contributed by atoms with Gasteiger partial charge in [0, 0.05) is 32.6 Å². The summed E-state index contributed by atoms with van der Waals surface area (Å²) < 4.78 is 0. The fourth-order valence-electron chi connectivity index (χ4n) is 1.79. The first-order valence-electron chi connectivity index (χ1n) is 5.30. The lowest BCUT2D eigenvalue weighted by Gasteiger charge is -2.26. The van der Waals surface area contributed by atoms with Crippen LogP contribution in [0, 0.1) is 5.92 Å². The maximum Gasteiger partial charge on any atom is 0.216 e. The van der Waals surface area contributed by atoms with Crippen LogP contribution in [0.5, 0.6) is 0 Å². The number of nitrogens with two attached hydrogens (primary N) is 1. The molecule has 4 heteroatoms. The van der Waals surface area contributed by atoms with E-state index in [2.05, 4.69) is 17.3 Å². The predicted molar refractivity (Wildman–Crippen MR) is 56.9 cm³/mol. The highest BCUT2D eigenvalue weighted by Crippen LogP contribution is 2.34. The molecule has 1 aliphatic rings. The Hall–Kier alpha value is -0.610. The molecule has 0 heterocycles. The molecule has 1 fully saturated rings. The van der Waals surface area contributed by atoms with Crippen molar-refractivity contribution < 1.29 is 4.79 Å². The molecule has 1 rings (SSSR count). The van der Waals surface area contributed by atoms with Crippen molar-refractivity contribution in [2.24, 2.45) is 11.7 Å². The summed E-state index contributed by atoms with van der Waals surface area (Å²) in [6.07, 6.45) is 2.62. The third-order valence-electron chi connectivity index (χ3n) is 2.81. The molecule has 0 aliphatic heterocycles. The van der Waals surface area contributed by atoms with Gasteiger partial charge in [0.05, 0.1) is 0 Å². The van der Waals surface area contributed by atoms with E-state index in [-0.39, 0.29) is 5.91 Å². The van der Waals surface area contributed by atoms with Crippen molar-refractivity contribution in [1.29, 1.82) is 0 Å². The normalized spacial score (nSPS) is 18.3. The van der Waals surface area contributed by atoms with Crippen LogP contribution in [0.1, 0.15) is 19.8 Å². The number of nitrogens with one attached hydrogen (secondary N) is 1. The Labute approximate surface area is 85.8 Å². The van der Waals surface area contributed by atoms with E-state index in [1.165, 1.54) is 12.8 Å². The van der Waals surface area contributed by atoms with E-state index in [0.29, 0.717) is 6.04 Å². The van der Waals surface area contributed by atoms with Crippen LogP contribution in [-0.2, 0) is 4.79 Å². The topological polar surface area (TPSA) is 58.4 Å². The van der Waals surface area contributed by atoms with Gasteiger partial charge in [-0.1, -0.05) is 0 Å². The first kappa shape index (κ1) is 11.5. The van der Waals surface area contributed by atoms with Crippen LogP contribution < -0.4 is 11.1 Å². The minimum absolute atomic E-state index is 0.0362. The molecule has 1 atom stereocenters. The van der Waals surface area contributed by atoms with Gasteiger partial charge in [-0.05, 0) is 25.8 Å². The largest absolute Gasteiger partial charge is 0.355 e. The summed E-state index contributed by atoms with van der Waals surface area (Å²) in [6.45, 7) is 3.87. The van der Waals surface area contributed by atoms with Crippen molar-refractivity contribution >= 4 is 5.91 Å². The standard InChI is InChI=1S/C10H21N3O/c1-8(14)12-5-6-13(2)10(7-11)9-3-4-9/h9-10H,3-7,11H2,1-2H3,(H,12,14). The zero-order valence-corrected chi connectivity index (χ0v) is 9.12. The lowest BCUT2D eigenvalue weighted by Crippen LogP contribution is -2.43. The van der Waals surface area contributed by atoms with E-state index >= 15 is 0 Å². The van der Waals surface area contributed by atoms with Crippen molar-refractivity contribution in [3.63, 3.8) is 0 Å². The Balaban J connectivity index is 2.18. The molecule has 1 saturated carbocycles. The van der Waals surface area contributed by atoms with Gasteiger partial charge in [-0.2, -0.15) is 0 Å². The summed E-state index contributed by atoms with van der Waals surface area (Å²) in [5, 5.41) is 2.79. The molecular formula is C10H21N3O. The summed E-state index contributed by atoms with van der Waals surface area (Å²) in [6, 6.07) is 0.503. The van der Waals surface area contributed by atoms with Crippen LogP contribution in [0.15, 0.2) is 0 Å². The molecule has 0 saturated heterocycles. The zero-order valence-electron chi connectivity index (χ0n) is 9.12. The third kappa shape index (κ3) is 3.64. The van der Waals surface area contributed by atoms with Gasteiger partial charge in [0.1, 0.15) is 0 Å². The molecule has 1 aliphatic carbocycles. The summed E-state index contributed by atoms with van der Waals surface area (Å²) in [5.41, 5.74) is 5.72. The quantitative estimate of drug-likeness (QED) is 0.622. The Kier molecular flexibility index (Phi) is 4.35. The number of amides is 1. The van der Waals surface area contributed by atoms with E-state index in [0.717, 1.165) is 25.6 Å². The van der Waals surface area contributed by atoms with E-state index in [9.17, 15) is 4.79 Å². The zero-order chi connectivity index (χ0) is 10.6. The van der Waals surface area contributed by atoms with Crippen LogP contribution in [-0.4, -0.2) is 43.5 Å². The van der Waals surface area contributed by atoms with E-state index < -0.39 is 0 Å². The number of nitrogens with zero attached hydrogens (tertiary/aromatic N) is 1. The van der Waals surface area contributed by atoms with Gasteiger partial charge < -0.3 is 16.0 Å². The average molecular weight is 199 g/mol. The Morgan fingerprint density at radius 3 is 2.71 bits per heavy atom. The number of carbonyl (C=O) groups is 1. The van der Waals surface area contributed by atoms with Crippen LogP contribution >= 0.6 is 0 Å². The van der Waals surface area contributed by atoms with Gasteiger partial charge in [-0.3, -0.25) is 4.79 Å². The highest BCUT2D eigenvalue weighted by molar-refractivity contribution is 5.72. The van der Waals surface area contributed by atoms with Crippen LogP contribution in [0.2, 0.25) is 0 Å². The smallest absolute Gasteiger partial charge is 0.216 e. The number of carbonyl (C=O) groups excluding carboxylic acids is 1. The molecule has 0 aromatic carbocycles. The second-order valence-corrected chi connectivity index (χ2v) is 4.10. The molecule has 4 nitrogen and oxygen atoms in total. The number of likely N-dealkylation sites (N-methyl/N-ethyl adjacent to an activating group) is 1. The maximum absolute atomic E-state index is 10.7. The number of hydrogen-bond donors (Lipinski definition) is 2. The lowest BCUT2D eigenvalue weighted by atomic mass is 10.1. The highest BCUT2D eigenvalue weighted by Gasteiger charge is 2.32. The molecule has 0 aromatic heterocycles. The highest BCUT2D eigenvalue weighted by atomic mass is 16.1. The summed E-state index contributed by atoms with van der Waals surface area (Å²) in [7, 11) is 2.08. The minimum atomic E-state index is 0.0362. The van der Waals surface area contributed by atoms with E-state index in [1.807, 2.05) is 0 Å². The van der Waals surface area contributed by atoms with E-state index in [1.54, 1.807) is 6.92 Å². The van der Waals surface area contributed by atoms with Gasteiger partial charge in [-0.25, -0.2) is 0 Å². The van der Waals surface area contributed by atoms with Crippen LogP contribution in [0.4, 0.5) is 0 Å². The van der Waals surface area contributed by atoms with Crippen LogP contribution in [0.25, 0.3) is 0 Å². The minimum Gasteiger partial charge on any atom is -0.355 e. The van der Waals surface area contributed by atoms with Crippen molar-refractivity contribution in [3.05, 3.63) is 0 Å². The Morgan fingerprint density at radius 1 is 1.64 bits per heavy atom. The fourth-order valence-corrected chi connectivity index (χ4v) is 1.79. The van der Waals surface area contributed by atoms with Gasteiger partial charge in [0.25, 0.3) is 0 Å². The SMILES string of the molecule is CC(=O)NCCN(C)C(CN)C1CC1. The van der Waals surface area contributed by atoms with Gasteiger partial charge in [-0.15, -0.1) is 0 Å². The molecule has 3 N–H and O–H groups in total. The molecule has 0 bridgehead atoms. The summed E-state index contributed by atoms with van der Waals surface area (Å²) in [5.74, 6) is 0.830. The number of hydrogen-bond acceptors (Lipinski definition) is 3. The molecular weight excluding hydrogens is 178 g/mol. The van der Waals surface area contributed by atoms with Crippen molar-refractivity contribution in [1.82, 2.24) is 10.2 Å². The predicted octanol–water partition coefficient (Wildman–Crippen LogP) is -0.208. The van der Waals surface area contributed by atoms with E-state index in [4.69, 9.17) is 5.73 Å². The molecule has 1 amide bonds. The summed E-state index contributed by atoms with van der Waals surface area (Å²) in [4.78, 5) is 12.9. The monoisotopic (exact) mass is 199 g/mol. The molecule has 0 aromatic rings. The van der Waals surface area contributed by atoms with Gasteiger partial charge >= 0.3 is 0 Å². The molecule has 1 unspecified atom stereocenters. The fraction of sp³-hybridized carbons (Fsp3) is 0.900. The van der Waals surface area contributed by atoms with Gasteiger partial charge in [0.2, 0.25) is 5.91 Å². The maximum atomic E-state index is 10.7.